The molecule has 0 aliphatic rings. The fourth-order valence-corrected chi connectivity index (χ4v) is 3.34. The van der Waals surface area contributed by atoms with Crippen LogP contribution in [0, 0.1) is 19.8 Å². The van der Waals surface area contributed by atoms with Gasteiger partial charge in [0.15, 0.2) is 0 Å². The molecule has 0 unspecified atom stereocenters. The monoisotopic (exact) mass is 546 g/mol. The Balaban J connectivity index is -0.000000148. The van der Waals surface area contributed by atoms with Crippen molar-refractivity contribution in [2.24, 2.45) is 5.92 Å². The molecule has 0 aliphatic carbocycles. The molecule has 0 saturated carbocycles. The first-order valence-corrected chi connectivity index (χ1v) is 15.0. The smallest absolute Gasteiger partial charge is 0.0184 e. The molecule has 0 heterocycles. The Hall–Kier alpha value is -1.79. The van der Waals surface area contributed by atoms with Crippen LogP contribution in [0.15, 0.2) is 83.5 Å². The Labute approximate surface area is 247 Å². The van der Waals surface area contributed by atoms with Crippen LogP contribution in [0.4, 0.5) is 0 Å². The van der Waals surface area contributed by atoms with E-state index in [9.17, 15) is 0 Å². The van der Waals surface area contributed by atoms with E-state index in [2.05, 4.69) is 78.3 Å². The summed E-state index contributed by atoms with van der Waals surface area (Å²) < 4.78 is 0. The minimum absolute atomic E-state index is 0.682. The Morgan fingerprint density at radius 2 is 1.00 bits per heavy atom. The zero-order valence-corrected chi connectivity index (χ0v) is 29.1. The summed E-state index contributed by atoms with van der Waals surface area (Å²) >= 11 is 6.11. The fraction of sp³-hybridized carbons (Fsp3) is 0.568. The van der Waals surface area contributed by atoms with Crippen LogP contribution in [0.25, 0.3) is 0 Å². The highest BCUT2D eigenvalue weighted by molar-refractivity contribution is 6.29. The Morgan fingerprint density at radius 1 is 0.684 bits per heavy atom. The molecule has 0 spiro atoms. The first kappa shape index (κ1) is 46.1. The van der Waals surface area contributed by atoms with E-state index in [1.54, 1.807) is 0 Å². The van der Waals surface area contributed by atoms with Gasteiger partial charge in [-0.3, -0.25) is 0 Å². The van der Waals surface area contributed by atoms with Gasteiger partial charge in [0.1, 0.15) is 0 Å². The van der Waals surface area contributed by atoms with Crippen LogP contribution < -0.4 is 0 Å². The number of benzene rings is 1. The zero-order valence-electron chi connectivity index (χ0n) is 28.3. The predicted molar refractivity (Wildman–Crippen MR) is 185 cm³/mol. The standard InChI is InChI=1S/C17H29Cl.C8H10.2C4H8.2C2H6/c1-7-9-16(10-8-2)14(5)11-12-17(13(3)4)15(6)18;1-7-5-3-4-6-8(7)2;2*1-4(2)3;2*1-2/h16H,3,5,7-12H2,1-2,4,6H3;3-6H,1-2H3;2*1H2,2-3H3;2*1-2H3/b17-15+;;;;;. The molecular formula is C37H67Cl. The van der Waals surface area contributed by atoms with Gasteiger partial charge in [-0.25, -0.2) is 0 Å². The molecule has 0 radical (unpaired) electrons. The highest BCUT2D eigenvalue weighted by atomic mass is 35.5. The summed E-state index contributed by atoms with van der Waals surface area (Å²) in [5.41, 5.74) is 8.73. The molecule has 0 amide bonds. The van der Waals surface area contributed by atoms with Gasteiger partial charge in [-0.1, -0.05) is 126 Å². The second kappa shape index (κ2) is 33.2. The van der Waals surface area contributed by atoms with Crippen molar-refractivity contribution in [1.82, 2.24) is 0 Å². The van der Waals surface area contributed by atoms with Crippen molar-refractivity contribution in [3.05, 3.63) is 94.6 Å². The van der Waals surface area contributed by atoms with Crippen molar-refractivity contribution < 1.29 is 0 Å². The summed E-state index contributed by atoms with van der Waals surface area (Å²) in [6, 6.07) is 8.36. The van der Waals surface area contributed by atoms with Crippen molar-refractivity contribution in [3.63, 3.8) is 0 Å². The van der Waals surface area contributed by atoms with Gasteiger partial charge >= 0.3 is 0 Å². The number of halogens is 1. The highest BCUT2D eigenvalue weighted by Crippen LogP contribution is 2.29. The minimum Gasteiger partial charge on any atom is -0.100 e. The number of hydrogen-bond acceptors (Lipinski definition) is 0. The van der Waals surface area contributed by atoms with Crippen LogP contribution >= 0.6 is 11.6 Å². The Bertz CT molecular complexity index is 710. The maximum Gasteiger partial charge on any atom is 0.0184 e. The van der Waals surface area contributed by atoms with Gasteiger partial charge in [0.2, 0.25) is 0 Å². The molecule has 222 valence electrons. The van der Waals surface area contributed by atoms with Crippen LogP contribution in [-0.2, 0) is 0 Å². The van der Waals surface area contributed by atoms with Crippen LogP contribution in [0.5, 0.6) is 0 Å². The maximum atomic E-state index is 6.11. The van der Waals surface area contributed by atoms with E-state index in [1.165, 1.54) is 59.1 Å². The van der Waals surface area contributed by atoms with Gasteiger partial charge in [0, 0.05) is 5.03 Å². The lowest BCUT2D eigenvalue weighted by Gasteiger charge is -2.19. The Kier molecular flexibility index (Phi) is 40.3. The van der Waals surface area contributed by atoms with Crippen molar-refractivity contribution in [2.45, 2.75) is 135 Å². The van der Waals surface area contributed by atoms with Gasteiger partial charge in [-0.05, 0) is 104 Å². The van der Waals surface area contributed by atoms with E-state index in [-0.39, 0.29) is 0 Å². The summed E-state index contributed by atoms with van der Waals surface area (Å²) in [5.74, 6) is 0.682. The van der Waals surface area contributed by atoms with E-state index < -0.39 is 0 Å². The summed E-state index contributed by atoms with van der Waals surface area (Å²) in [5, 5.41) is 0.873. The molecule has 0 bridgehead atoms. The average molecular weight is 547 g/mol. The van der Waals surface area contributed by atoms with E-state index in [0.717, 1.165) is 23.4 Å². The second-order valence-corrected chi connectivity index (χ2v) is 10.3. The fourth-order valence-electron chi connectivity index (χ4n) is 3.08. The molecule has 0 saturated heterocycles. The molecule has 0 aliphatic heterocycles. The summed E-state index contributed by atoms with van der Waals surface area (Å²) in [6.07, 6.45) is 7.02. The van der Waals surface area contributed by atoms with E-state index >= 15 is 0 Å². The molecule has 0 nitrogen and oxygen atoms in total. The molecule has 1 rings (SSSR count). The van der Waals surface area contributed by atoms with Gasteiger partial charge in [-0.15, -0.1) is 13.2 Å². The van der Waals surface area contributed by atoms with Crippen LogP contribution in [-0.4, -0.2) is 0 Å². The lowest BCUT2D eigenvalue weighted by Crippen LogP contribution is -2.04. The second-order valence-electron chi connectivity index (χ2n) is 9.72. The maximum absolute atomic E-state index is 6.11. The van der Waals surface area contributed by atoms with Crippen LogP contribution in [0.1, 0.15) is 133 Å². The zero-order chi connectivity index (χ0) is 31.3. The molecule has 0 N–H and O–H groups in total. The average Bonchev–Trinajstić information content (AvgIpc) is 2.83. The van der Waals surface area contributed by atoms with E-state index in [1.807, 2.05) is 69.2 Å². The van der Waals surface area contributed by atoms with Crippen LogP contribution in [0.3, 0.4) is 0 Å². The normalized spacial score (nSPS) is 9.58. The molecule has 1 aromatic carbocycles. The molecule has 0 atom stereocenters. The first-order valence-electron chi connectivity index (χ1n) is 14.7. The van der Waals surface area contributed by atoms with E-state index in [4.69, 9.17) is 11.6 Å². The van der Waals surface area contributed by atoms with E-state index in [0.29, 0.717) is 5.92 Å². The third-order valence-electron chi connectivity index (χ3n) is 4.90. The van der Waals surface area contributed by atoms with Crippen molar-refractivity contribution in [1.29, 1.82) is 0 Å². The molecular weight excluding hydrogens is 480 g/mol. The van der Waals surface area contributed by atoms with Crippen molar-refractivity contribution in [3.8, 4) is 0 Å². The molecule has 38 heavy (non-hydrogen) atoms. The van der Waals surface area contributed by atoms with Gasteiger partial charge in [-0.2, -0.15) is 0 Å². The van der Waals surface area contributed by atoms with Crippen molar-refractivity contribution in [2.75, 3.05) is 0 Å². The largest absolute Gasteiger partial charge is 0.100 e. The molecule has 0 fully saturated rings. The topological polar surface area (TPSA) is 0 Å². The quantitative estimate of drug-likeness (QED) is 0.213. The SMILES string of the molecule is C=C(C)/C(CCC(=C)C(CCC)CCC)=C(\C)Cl.C=C(C)C.C=C(C)C.CC.CC.Cc1ccccc1C. The summed E-state index contributed by atoms with van der Waals surface area (Å²) in [7, 11) is 0. The van der Waals surface area contributed by atoms with Crippen molar-refractivity contribution >= 4 is 11.6 Å². The minimum atomic E-state index is 0.682. The molecule has 1 aromatic rings. The Morgan fingerprint density at radius 3 is 1.21 bits per heavy atom. The van der Waals surface area contributed by atoms with Gasteiger partial charge in [0.25, 0.3) is 0 Å². The summed E-state index contributed by atoms with van der Waals surface area (Å²) in [6.45, 7) is 44.0. The highest BCUT2D eigenvalue weighted by Gasteiger charge is 2.12. The lowest BCUT2D eigenvalue weighted by atomic mass is 9.87. The third-order valence-corrected chi connectivity index (χ3v) is 5.13. The number of hydrogen-bond donors (Lipinski definition) is 0. The van der Waals surface area contributed by atoms with Crippen LogP contribution in [0.2, 0.25) is 0 Å². The lowest BCUT2D eigenvalue weighted by molar-refractivity contribution is 0.490. The first-order chi connectivity index (χ1) is 17.7. The van der Waals surface area contributed by atoms with Gasteiger partial charge in [0.05, 0.1) is 0 Å². The number of rotatable bonds is 9. The molecule has 1 heteroatoms. The van der Waals surface area contributed by atoms with Gasteiger partial charge < -0.3 is 0 Å². The number of allylic oxidation sites excluding steroid dienone is 6. The number of aryl methyl sites for hydroxylation is 2. The summed E-state index contributed by atoms with van der Waals surface area (Å²) in [4.78, 5) is 0. The third kappa shape index (κ3) is 36.4. The predicted octanol–water partition coefficient (Wildman–Crippen LogP) is 14.1. The molecule has 0 aromatic heterocycles.